The molecule has 0 atom stereocenters. The van der Waals surface area contributed by atoms with Crippen LogP contribution in [0.1, 0.15) is 212 Å². The SMILES string of the molecule is CCCCCC/C=C\CCCCCCCC(=O)OCCCCCCCCCCCCCCCCCCCCCCO. The van der Waals surface area contributed by atoms with E-state index in [0.717, 1.165) is 25.7 Å². The van der Waals surface area contributed by atoms with Crippen LogP contribution in [0, 0.1) is 0 Å². The highest BCUT2D eigenvalue weighted by Gasteiger charge is 2.02. The highest BCUT2D eigenvalue weighted by Crippen LogP contribution is 2.15. The molecule has 0 rings (SSSR count). The van der Waals surface area contributed by atoms with Gasteiger partial charge >= 0.3 is 5.97 Å². The minimum atomic E-state index is 0.0114. The van der Waals surface area contributed by atoms with Gasteiger partial charge in [0.2, 0.25) is 0 Å². The molecule has 3 heteroatoms. The molecule has 0 bridgehead atoms. The van der Waals surface area contributed by atoms with E-state index in [2.05, 4.69) is 19.1 Å². The van der Waals surface area contributed by atoms with Crippen LogP contribution in [0.4, 0.5) is 0 Å². The monoisotopic (exact) mass is 579 g/mol. The maximum absolute atomic E-state index is 11.9. The molecule has 0 fully saturated rings. The molecule has 0 amide bonds. The van der Waals surface area contributed by atoms with Crippen molar-refractivity contribution < 1.29 is 14.6 Å². The van der Waals surface area contributed by atoms with Crippen LogP contribution in [-0.4, -0.2) is 24.3 Å². The van der Waals surface area contributed by atoms with Crippen LogP contribution in [0.5, 0.6) is 0 Å². The van der Waals surface area contributed by atoms with Crippen molar-refractivity contribution in [3.05, 3.63) is 12.2 Å². The van der Waals surface area contributed by atoms with Crippen molar-refractivity contribution >= 4 is 5.97 Å². The van der Waals surface area contributed by atoms with Crippen LogP contribution in [0.15, 0.2) is 12.2 Å². The molecular formula is C38H74O3. The van der Waals surface area contributed by atoms with Crippen LogP contribution in [0.3, 0.4) is 0 Å². The fourth-order valence-electron chi connectivity index (χ4n) is 5.64. The number of hydrogen-bond acceptors (Lipinski definition) is 3. The van der Waals surface area contributed by atoms with E-state index in [0.29, 0.717) is 19.6 Å². The van der Waals surface area contributed by atoms with Gasteiger partial charge in [-0.3, -0.25) is 4.79 Å². The molecule has 0 unspecified atom stereocenters. The molecule has 244 valence electrons. The molecule has 0 aliphatic carbocycles. The van der Waals surface area contributed by atoms with Gasteiger partial charge in [0.15, 0.2) is 0 Å². The first-order valence-electron chi connectivity index (χ1n) is 18.7. The Labute approximate surface area is 258 Å². The van der Waals surface area contributed by atoms with Gasteiger partial charge in [-0.1, -0.05) is 173 Å². The molecule has 1 N–H and O–H groups in total. The topological polar surface area (TPSA) is 46.5 Å². The average Bonchev–Trinajstić information content (AvgIpc) is 2.98. The lowest BCUT2D eigenvalue weighted by Gasteiger charge is -2.06. The van der Waals surface area contributed by atoms with E-state index in [9.17, 15) is 4.79 Å². The molecule has 0 saturated heterocycles. The number of aliphatic hydroxyl groups excluding tert-OH is 1. The number of ether oxygens (including phenoxy) is 1. The van der Waals surface area contributed by atoms with E-state index in [-0.39, 0.29) is 5.97 Å². The number of unbranched alkanes of at least 4 members (excludes halogenated alkanes) is 28. The van der Waals surface area contributed by atoms with Crippen molar-refractivity contribution in [2.24, 2.45) is 0 Å². The highest BCUT2D eigenvalue weighted by molar-refractivity contribution is 5.69. The molecule has 41 heavy (non-hydrogen) atoms. The number of carbonyl (C=O) groups is 1. The van der Waals surface area contributed by atoms with Crippen molar-refractivity contribution in [1.29, 1.82) is 0 Å². The third-order valence-electron chi connectivity index (χ3n) is 8.46. The lowest BCUT2D eigenvalue weighted by Crippen LogP contribution is -2.05. The second-order valence-electron chi connectivity index (χ2n) is 12.6. The lowest BCUT2D eigenvalue weighted by atomic mass is 10.0. The van der Waals surface area contributed by atoms with Gasteiger partial charge in [-0.05, 0) is 44.9 Å². The Bertz CT molecular complexity index is 516. The summed E-state index contributed by atoms with van der Waals surface area (Å²) in [6, 6.07) is 0. The number of esters is 1. The molecule has 0 radical (unpaired) electrons. The summed E-state index contributed by atoms with van der Waals surface area (Å²) in [6.07, 6.45) is 45.8. The largest absolute Gasteiger partial charge is 0.466 e. The van der Waals surface area contributed by atoms with Gasteiger partial charge in [0.05, 0.1) is 6.61 Å². The average molecular weight is 579 g/mol. The zero-order valence-electron chi connectivity index (χ0n) is 28.0. The molecule has 0 heterocycles. The van der Waals surface area contributed by atoms with Crippen molar-refractivity contribution in [1.82, 2.24) is 0 Å². The normalized spacial score (nSPS) is 11.6. The fraction of sp³-hybridized carbons (Fsp3) is 0.921. The van der Waals surface area contributed by atoms with Gasteiger partial charge in [0.1, 0.15) is 0 Å². The summed E-state index contributed by atoms with van der Waals surface area (Å²) in [5.74, 6) is 0.0114. The Morgan fingerprint density at radius 2 is 0.805 bits per heavy atom. The van der Waals surface area contributed by atoms with E-state index in [1.165, 1.54) is 173 Å². The Hall–Kier alpha value is -0.830. The lowest BCUT2D eigenvalue weighted by molar-refractivity contribution is -0.143. The van der Waals surface area contributed by atoms with Crippen LogP contribution in [0.25, 0.3) is 0 Å². The van der Waals surface area contributed by atoms with E-state index in [4.69, 9.17) is 9.84 Å². The number of rotatable bonds is 35. The summed E-state index contributed by atoms with van der Waals surface area (Å²) in [7, 11) is 0. The highest BCUT2D eigenvalue weighted by atomic mass is 16.5. The quantitative estimate of drug-likeness (QED) is 0.0462. The first-order valence-corrected chi connectivity index (χ1v) is 18.7. The second-order valence-corrected chi connectivity index (χ2v) is 12.6. The first-order chi connectivity index (χ1) is 20.3. The third-order valence-corrected chi connectivity index (χ3v) is 8.46. The van der Waals surface area contributed by atoms with Crippen LogP contribution >= 0.6 is 0 Å². The molecule has 0 spiro atoms. The molecule has 0 aliphatic heterocycles. The second kappa shape index (κ2) is 37.2. The Morgan fingerprint density at radius 3 is 1.22 bits per heavy atom. The summed E-state index contributed by atoms with van der Waals surface area (Å²) in [4.78, 5) is 11.9. The first kappa shape index (κ1) is 40.2. The predicted octanol–water partition coefficient (Wildman–Crippen LogP) is 12.6. The van der Waals surface area contributed by atoms with Crippen LogP contribution in [0.2, 0.25) is 0 Å². The van der Waals surface area contributed by atoms with Crippen molar-refractivity contribution in [2.45, 2.75) is 212 Å². The zero-order valence-corrected chi connectivity index (χ0v) is 28.0. The molecule has 0 aromatic rings. The van der Waals surface area contributed by atoms with Gasteiger partial charge in [0.25, 0.3) is 0 Å². The van der Waals surface area contributed by atoms with Gasteiger partial charge in [-0.15, -0.1) is 0 Å². The summed E-state index contributed by atoms with van der Waals surface area (Å²) in [6.45, 7) is 3.25. The van der Waals surface area contributed by atoms with E-state index in [1.807, 2.05) is 0 Å². The maximum Gasteiger partial charge on any atom is 0.305 e. The smallest absolute Gasteiger partial charge is 0.305 e. The number of hydrogen-bond donors (Lipinski definition) is 1. The Morgan fingerprint density at radius 1 is 0.463 bits per heavy atom. The van der Waals surface area contributed by atoms with Crippen molar-refractivity contribution in [2.75, 3.05) is 13.2 Å². The van der Waals surface area contributed by atoms with Gasteiger partial charge in [0, 0.05) is 13.0 Å². The Balaban J connectivity index is 3.16. The summed E-state index contributed by atoms with van der Waals surface area (Å²) in [5.41, 5.74) is 0. The van der Waals surface area contributed by atoms with Gasteiger partial charge in [-0.25, -0.2) is 0 Å². The summed E-state index contributed by atoms with van der Waals surface area (Å²) < 4.78 is 5.43. The van der Waals surface area contributed by atoms with Crippen molar-refractivity contribution in [3.63, 3.8) is 0 Å². The predicted molar refractivity (Wildman–Crippen MR) is 181 cm³/mol. The number of carbonyl (C=O) groups excluding carboxylic acids is 1. The molecular weight excluding hydrogens is 504 g/mol. The Kier molecular flexibility index (Phi) is 36.4. The van der Waals surface area contributed by atoms with E-state index in [1.54, 1.807) is 0 Å². The number of aliphatic hydroxyl groups is 1. The molecule has 0 aliphatic rings. The zero-order chi connectivity index (χ0) is 29.7. The standard InChI is InChI=1S/C38H74O3/c1-2-3-4-5-6-7-8-17-20-23-26-29-32-35-38(40)41-37-34-31-28-25-22-19-16-14-12-10-9-11-13-15-18-21-24-27-30-33-36-39/h7-8,39H,2-6,9-37H2,1H3/b8-7-. The summed E-state index contributed by atoms with van der Waals surface area (Å²) in [5, 5.41) is 8.78. The minimum Gasteiger partial charge on any atom is -0.466 e. The fourth-order valence-corrected chi connectivity index (χ4v) is 5.64. The van der Waals surface area contributed by atoms with Gasteiger partial charge in [-0.2, -0.15) is 0 Å². The summed E-state index contributed by atoms with van der Waals surface area (Å²) >= 11 is 0. The maximum atomic E-state index is 11.9. The van der Waals surface area contributed by atoms with Crippen LogP contribution < -0.4 is 0 Å². The van der Waals surface area contributed by atoms with E-state index >= 15 is 0 Å². The number of allylic oxidation sites excluding steroid dienone is 2. The molecule has 0 saturated carbocycles. The molecule has 3 nitrogen and oxygen atoms in total. The minimum absolute atomic E-state index is 0.0114. The third kappa shape index (κ3) is 37.1. The van der Waals surface area contributed by atoms with E-state index < -0.39 is 0 Å². The van der Waals surface area contributed by atoms with Gasteiger partial charge < -0.3 is 9.84 Å². The van der Waals surface area contributed by atoms with Crippen molar-refractivity contribution in [3.8, 4) is 0 Å². The molecule has 0 aromatic carbocycles. The van der Waals surface area contributed by atoms with Crippen LogP contribution in [-0.2, 0) is 9.53 Å². The molecule has 0 aromatic heterocycles.